The number of ether oxygens (including phenoxy) is 1. The van der Waals surface area contributed by atoms with Crippen LogP contribution in [0.15, 0.2) is 24.3 Å². The number of aromatic nitrogens is 2. The lowest BCUT2D eigenvalue weighted by Crippen LogP contribution is -2.27. The quantitative estimate of drug-likeness (QED) is 0.945. The molecule has 4 heteroatoms. The third-order valence-corrected chi connectivity index (χ3v) is 4.42. The van der Waals surface area contributed by atoms with Crippen LogP contribution in [0.2, 0.25) is 0 Å². The van der Waals surface area contributed by atoms with Crippen molar-refractivity contribution in [3.8, 4) is 17.1 Å². The van der Waals surface area contributed by atoms with Crippen LogP contribution in [0.25, 0.3) is 11.4 Å². The van der Waals surface area contributed by atoms with Crippen molar-refractivity contribution in [1.29, 1.82) is 0 Å². The zero-order valence-corrected chi connectivity index (χ0v) is 13.5. The molecule has 1 aromatic carbocycles. The van der Waals surface area contributed by atoms with E-state index in [4.69, 9.17) is 14.7 Å². The highest BCUT2D eigenvalue weighted by molar-refractivity contribution is 5.57. The highest BCUT2D eigenvalue weighted by Gasteiger charge is 2.21. The molecule has 1 aliphatic heterocycles. The minimum atomic E-state index is 0.589. The first-order chi connectivity index (χ1) is 10.7. The summed E-state index contributed by atoms with van der Waals surface area (Å²) in [6, 6.07) is 7.92. The number of benzene rings is 1. The summed E-state index contributed by atoms with van der Waals surface area (Å²) < 4.78 is 5.20. The minimum Gasteiger partial charge on any atom is -0.497 e. The summed E-state index contributed by atoms with van der Waals surface area (Å²) in [6.07, 6.45) is 2.35. The molecule has 0 atom stereocenters. The van der Waals surface area contributed by atoms with E-state index in [1.165, 1.54) is 18.4 Å². The van der Waals surface area contributed by atoms with E-state index in [1.807, 2.05) is 24.3 Å². The van der Waals surface area contributed by atoms with E-state index in [0.717, 1.165) is 41.6 Å². The average molecular weight is 297 g/mol. The van der Waals surface area contributed by atoms with Gasteiger partial charge in [-0.3, -0.25) is 0 Å². The first kappa shape index (κ1) is 15.0. The Hall–Kier alpha value is -1.94. The Morgan fingerprint density at radius 2 is 1.59 bits per heavy atom. The van der Waals surface area contributed by atoms with Crippen molar-refractivity contribution in [2.24, 2.45) is 0 Å². The van der Waals surface area contributed by atoms with E-state index in [-0.39, 0.29) is 0 Å². The maximum absolute atomic E-state index is 5.20. The third-order valence-electron chi connectivity index (χ3n) is 4.42. The van der Waals surface area contributed by atoms with Crippen LogP contribution < -0.4 is 10.1 Å². The van der Waals surface area contributed by atoms with Crippen molar-refractivity contribution in [3.63, 3.8) is 0 Å². The smallest absolute Gasteiger partial charge is 0.159 e. The minimum absolute atomic E-state index is 0.589. The molecule has 1 aliphatic rings. The Bertz CT molecular complexity index is 623. The SMILES string of the molecule is COc1ccc(-c2nc(C)c(C3CCNCC3)c(C)n2)cc1. The number of hydrogen-bond acceptors (Lipinski definition) is 4. The fourth-order valence-corrected chi connectivity index (χ4v) is 3.30. The lowest BCUT2D eigenvalue weighted by atomic mass is 9.88. The van der Waals surface area contributed by atoms with Crippen molar-refractivity contribution in [2.45, 2.75) is 32.6 Å². The second kappa shape index (κ2) is 6.44. The molecular weight excluding hydrogens is 274 g/mol. The number of aryl methyl sites for hydroxylation is 2. The van der Waals surface area contributed by atoms with Crippen LogP contribution in [-0.4, -0.2) is 30.2 Å². The predicted molar refractivity (Wildman–Crippen MR) is 88.3 cm³/mol. The van der Waals surface area contributed by atoms with Gasteiger partial charge in [-0.25, -0.2) is 9.97 Å². The van der Waals surface area contributed by atoms with Crippen molar-refractivity contribution in [1.82, 2.24) is 15.3 Å². The first-order valence-electron chi connectivity index (χ1n) is 7.89. The second-order valence-electron chi connectivity index (χ2n) is 5.88. The molecule has 3 rings (SSSR count). The van der Waals surface area contributed by atoms with Crippen LogP contribution in [0.1, 0.15) is 35.7 Å². The largest absolute Gasteiger partial charge is 0.497 e. The first-order valence-corrected chi connectivity index (χ1v) is 7.89. The normalized spacial score (nSPS) is 15.8. The highest BCUT2D eigenvalue weighted by Crippen LogP contribution is 2.30. The number of nitrogens with zero attached hydrogens (tertiary/aromatic N) is 2. The number of rotatable bonds is 3. The van der Waals surface area contributed by atoms with Gasteiger partial charge in [-0.05, 0) is 75.5 Å². The van der Waals surface area contributed by atoms with E-state index < -0.39 is 0 Å². The zero-order chi connectivity index (χ0) is 15.5. The number of methoxy groups -OCH3 is 1. The fourth-order valence-electron chi connectivity index (χ4n) is 3.30. The summed E-state index contributed by atoms with van der Waals surface area (Å²) in [5.41, 5.74) is 4.61. The molecule has 0 aliphatic carbocycles. The second-order valence-corrected chi connectivity index (χ2v) is 5.88. The zero-order valence-electron chi connectivity index (χ0n) is 13.5. The Morgan fingerprint density at radius 1 is 1.00 bits per heavy atom. The highest BCUT2D eigenvalue weighted by atomic mass is 16.5. The average Bonchev–Trinajstić information content (AvgIpc) is 2.55. The molecule has 2 heterocycles. The Kier molecular flexibility index (Phi) is 4.39. The molecule has 0 radical (unpaired) electrons. The molecule has 0 bridgehead atoms. The summed E-state index contributed by atoms with van der Waals surface area (Å²) in [5, 5.41) is 3.42. The lowest BCUT2D eigenvalue weighted by Gasteiger charge is -2.25. The lowest BCUT2D eigenvalue weighted by molar-refractivity contribution is 0.415. The fraction of sp³-hybridized carbons (Fsp3) is 0.444. The summed E-state index contributed by atoms with van der Waals surface area (Å²) in [5.74, 6) is 2.24. The molecule has 1 N–H and O–H groups in total. The Labute approximate surface area is 132 Å². The van der Waals surface area contributed by atoms with Gasteiger partial charge in [-0.15, -0.1) is 0 Å². The molecule has 1 fully saturated rings. The van der Waals surface area contributed by atoms with Crippen molar-refractivity contribution in [2.75, 3.05) is 20.2 Å². The van der Waals surface area contributed by atoms with Crippen LogP contribution >= 0.6 is 0 Å². The van der Waals surface area contributed by atoms with Gasteiger partial charge in [0.2, 0.25) is 0 Å². The number of hydrogen-bond donors (Lipinski definition) is 1. The van der Waals surface area contributed by atoms with Gasteiger partial charge in [0.15, 0.2) is 5.82 Å². The van der Waals surface area contributed by atoms with Gasteiger partial charge in [0.05, 0.1) is 7.11 Å². The number of piperidine rings is 1. The van der Waals surface area contributed by atoms with Crippen LogP contribution in [0, 0.1) is 13.8 Å². The standard InChI is InChI=1S/C18H23N3O/c1-12-17(14-8-10-19-11-9-14)13(2)21-18(20-12)15-4-6-16(22-3)7-5-15/h4-7,14,19H,8-11H2,1-3H3. The monoisotopic (exact) mass is 297 g/mol. The van der Waals surface area contributed by atoms with Gasteiger partial charge < -0.3 is 10.1 Å². The summed E-state index contributed by atoms with van der Waals surface area (Å²) in [7, 11) is 1.67. The van der Waals surface area contributed by atoms with Crippen molar-refractivity contribution >= 4 is 0 Å². The predicted octanol–water partition coefficient (Wildman–Crippen LogP) is 3.24. The molecule has 0 spiro atoms. The maximum atomic E-state index is 5.20. The van der Waals surface area contributed by atoms with Gasteiger partial charge >= 0.3 is 0 Å². The summed E-state index contributed by atoms with van der Waals surface area (Å²) in [4.78, 5) is 9.53. The van der Waals surface area contributed by atoms with E-state index in [2.05, 4.69) is 19.2 Å². The van der Waals surface area contributed by atoms with Crippen LogP contribution in [0.5, 0.6) is 5.75 Å². The van der Waals surface area contributed by atoms with Crippen molar-refractivity contribution in [3.05, 3.63) is 41.2 Å². The molecule has 0 saturated carbocycles. The van der Waals surface area contributed by atoms with Gasteiger partial charge in [0, 0.05) is 17.0 Å². The van der Waals surface area contributed by atoms with Gasteiger partial charge in [0.1, 0.15) is 5.75 Å². The van der Waals surface area contributed by atoms with E-state index >= 15 is 0 Å². The van der Waals surface area contributed by atoms with Crippen molar-refractivity contribution < 1.29 is 4.74 Å². The molecule has 4 nitrogen and oxygen atoms in total. The molecular formula is C18H23N3O. The topological polar surface area (TPSA) is 47.0 Å². The summed E-state index contributed by atoms with van der Waals surface area (Å²) in [6.45, 7) is 6.39. The van der Waals surface area contributed by atoms with E-state index in [1.54, 1.807) is 7.11 Å². The van der Waals surface area contributed by atoms with Crippen LogP contribution in [0.4, 0.5) is 0 Å². The van der Waals surface area contributed by atoms with Gasteiger partial charge in [-0.1, -0.05) is 0 Å². The molecule has 0 unspecified atom stereocenters. The Morgan fingerprint density at radius 3 is 2.14 bits per heavy atom. The molecule has 2 aromatic rings. The summed E-state index contributed by atoms with van der Waals surface area (Å²) >= 11 is 0. The van der Waals surface area contributed by atoms with Gasteiger partial charge in [0.25, 0.3) is 0 Å². The maximum Gasteiger partial charge on any atom is 0.159 e. The third kappa shape index (κ3) is 2.97. The molecule has 116 valence electrons. The number of nitrogens with one attached hydrogen (secondary N) is 1. The molecule has 0 amide bonds. The molecule has 22 heavy (non-hydrogen) atoms. The van der Waals surface area contributed by atoms with E-state index in [0.29, 0.717) is 5.92 Å². The van der Waals surface area contributed by atoms with Gasteiger partial charge in [-0.2, -0.15) is 0 Å². The molecule has 1 saturated heterocycles. The van der Waals surface area contributed by atoms with Crippen LogP contribution in [-0.2, 0) is 0 Å². The Balaban J connectivity index is 1.93. The van der Waals surface area contributed by atoms with Crippen LogP contribution in [0.3, 0.4) is 0 Å². The molecule has 1 aromatic heterocycles. The van der Waals surface area contributed by atoms with E-state index in [9.17, 15) is 0 Å².